The van der Waals surface area contributed by atoms with Crippen LogP contribution in [0.5, 0.6) is 11.5 Å². The fourth-order valence-corrected chi connectivity index (χ4v) is 3.85. The summed E-state index contributed by atoms with van der Waals surface area (Å²) in [4.78, 5) is 2.45. The lowest BCUT2D eigenvalue weighted by molar-refractivity contribution is 0.291. The van der Waals surface area contributed by atoms with Crippen LogP contribution in [0.25, 0.3) is 0 Å². The maximum atomic E-state index is 5.93. The summed E-state index contributed by atoms with van der Waals surface area (Å²) in [6.07, 6.45) is 1.12. The zero-order chi connectivity index (χ0) is 17.2. The molecule has 3 rings (SSSR count). The molecule has 1 aliphatic rings. The van der Waals surface area contributed by atoms with E-state index in [1.54, 1.807) is 7.11 Å². The molecule has 0 saturated carbocycles. The minimum atomic E-state index is 0.0705. The summed E-state index contributed by atoms with van der Waals surface area (Å²) in [5.74, 6) is 2.39. The summed E-state index contributed by atoms with van der Waals surface area (Å²) in [5, 5.41) is 0. The highest BCUT2D eigenvalue weighted by Crippen LogP contribution is 2.47. The Bertz CT molecular complexity index is 681. The molecule has 0 fully saturated rings. The Morgan fingerprint density at radius 2 is 1.83 bits per heavy atom. The zero-order valence-electron chi connectivity index (χ0n) is 15.1. The summed E-state index contributed by atoms with van der Waals surface area (Å²) in [7, 11) is 1.75. The fraction of sp³-hybridized carbons (Fsp3) is 0.429. The Balaban J connectivity index is 1.84. The highest BCUT2D eigenvalue weighted by Gasteiger charge is 2.37. The predicted molar refractivity (Wildman–Crippen MR) is 99.4 cm³/mol. The minimum absolute atomic E-state index is 0.0705. The van der Waals surface area contributed by atoms with Crippen molar-refractivity contribution in [2.75, 3.05) is 25.2 Å². The van der Waals surface area contributed by atoms with Crippen LogP contribution in [0.4, 0.5) is 5.69 Å². The molecule has 0 radical (unpaired) electrons. The molecule has 1 unspecified atom stereocenters. The van der Waals surface area contributed by atoms with Crippen LogP contribution in [-0.2, 0) is 0 Å². The highest BCUT2D eigenvalue weighted by atomic mass is 16.5. The first kappa shape index (κ1) is 16.7. The van der Waals surface area contributed by atoms with Gasteiger partial charge in [-0.3, -0.25) is 0 Å². The molecule has 1 aliphatic heterocycles. The van der Waals surface area contributed by atoms with Crippen molar-refractivity contribution in [3.63, 3.8) is 0 Å². The third-order valence-corrected chi connectivity index (χ3v) is 4.91. The molecule has 0 aromatic heterocycles. The molecule has 0 bridgehead atoms. The van der Waals surface area contributed by atoms with Crippen molar-refractivity contribution in [2.24, 2.45) is 0 Å². The number of benzene rings is 2. The van der Waals surface area contributed by atoms with E-state index in [0.717, 1.165) is 24.5 Å². The van der Waals surface area contributed by atoms with Gasteiger partial charge in [-0.15, -0.1) is 0 Å². The number of hydrogen-bond donors (Lipinski definition) is 0. The molecule has 3 heteroatoms. The second kappa shape index (κ2) is 6.76. The molecule has 0 saturated heterocycles. The van der Waals surface area contributed by atoms with Gasteiger partial charge in [0.25, 0.3) is 0 Å². The molecule has 2 aromatic rings. The highest BCUT2D eigenvalue weighted by molar-refractivity contribution is 5.68. The van der Waals surface area contributed by atoms with Crippen molar-refractivity contribution in [2.45, 2.75) is 38.6 Å². The minimum Gasteiger partial charge on any atom is -0.495 e. The molecular weight excluding hydrogens is 298 g/mol. The van der Waals surface area contributed by atoms with E-state index in [0.29, 0.717) is 12.5 Å². The van der Waals surface area contributed by atoms with Crippen LogP contribution in [0.15, 0.2) is 48.5 Å². The van der Waals surface area contributed by atoms with Gasteiger partial charge in [0.15, 0.2) is 0 Å². The van der Waals surface area contributed by atoms with Gasteiger partial charge in [-0.1, -0.05) is 37.3 Å². The second-order valence-electron chi connectivity index (χ2n) is 7.13. The number of ether oxygens (including phenoxy) is 2. The van der Waals surface area contributed by atoms with Crippen LogP contribution >= 0.6 is 0 Å². The van der Waals surface area contributed by atoms with E-state index in [-0.39, 0.29) is 5.54 Å². The quantitative estimate of drug-likeness (QED) is 0.783. The molecule has 24 heavy (non-hydrogen) atoms. The molecule has 0 amide bonds. The molecule has 0 N–H and O–H groups in total. The largest absolute Gasteiger partial charge is 0.495 e. The van der Waals surface area contributed by atoms with Crippen molar-refractivity contribution in [1.29, 1.82) is 0 Å². The Labute approximate surface area is 145 Å². The molecule has 2 aromatic carbocycles. The average Bonchev–Trinajstić information content (AvgIpc) is 2.57. The van der Waals surface area contributed by atoms with Gasteiger partial charge in [0.2, 0.25) is 0 Å². The maximum absolute atomic E-state index is 5.93. The smallest absolute Gasteiger partial charge is 0.142 e. The lowest BCUT2D eigenvalue weighted by Crippen LogP contribution is -2.50. The molecule has 128 valence electrons. The van der Waals surface area contributed by atoms with E-state index in [1.165, 1.54) is 11.3 Å². The molecule has 0 aliphatic carbocycles. The monoisotopic (exact) mass is 325 g/mol. The van der Waals surface area contributed by atoms with Gasteiger partial charge in [0.05, 0.1) is 19.3 Å². The van der Waals surface area contributed by atoms with E-state index < -0.39 is 0 Å². The SMILES string of the molecule is COc1cccc2c1N(CCOc1ccccc1)C(C)(C)CC2C. The molecule has 1 atom stereocenters. The van der Waals surface area contributed by atoms with Gasteiger partial charge >= 0.3 is 0 Å². The van der Waals surface area contributed by atoms with Gasteiger partial charge in [-0.05, 0) is 49.9 Å². The molecule has 0 spiro atoms. The first-order valence-electron chi connectivity index (χ1n) is 8.65. The van der Waals surface area contributed by atoms with Gasteiger partial charge in [0.1, 0.15) is 18.1 Å². The zero-order valence-corrected chi connectivity index (χ0v) is 15.1. The first-order chi connectivity index (χ1) is 11.5. The van der Waals surface area contributed by atoms with Crippen LogP contribution in [0.3, 0.4) is 0 Å². The van der Waals surface area contributed by atoms with E-state index in [9.17, 15) is 0 Å². The van der Waals surface area contributed by atoms with Crippen molar-refractivity contribution < 1.29 is 9.47 Å². The van der Waals surface area contributed by atoms with Crippen molar-refractivity contribution in [1.82, 2.24) is 0 Å². The van der Waals surface area contributed by atoms with Crippen LogP contribution in [-0.4, -0.2) is 25.8 Å². The van der Waals surface area contributed by atoms with E-state index in [4.69, 9.17) is 9.47 Å². The van der Waals surface area contributed by atoms with Crippen LogP contribution in [0, 0.1) is 0 Å². The van der Waals surface area contributed by atoms with E-state index in [1.807, 2.05) is 30.3 Å². The Morgan fingerprint density at radius 3 is 2.54 bits per heavy atom. The number of methoxy groups -OCH3 is 1. The van der Waals surface area contributed by atoms with Crippen molar-refractivity contribution in [3.05, 3.63) is 54.1 Å². The number of fused-ring (bicyclic) bond motifs is 1. The number of anilines is 1. The summed E-state index contributed by atoms with van der Waals surface area (Å²) in [6, 6.07) is 16.4. The van der Waals surface area contributed by atoms with Crippen LogP contribution in [0.1, 0.15) is 38.7 Å². The van der Waals surface area contributed by atoms with E-state index in [2.05, 4.69) is 43.9 Å². The van der Waals surface area contributed by atoms with Crippen LogP contribution in [0.2, 0.25) is 0 Å². The first-order valence-corrected chi connectivity index (χ1v) is 8.65. The third-order valence-electron chi connectivity index (χ3n) is 4.91. The Kier molecular flexibility index (Phi) is 4.70. The summed E-state index contributed by atoms with van der Waals surface area (Å²) in [5.41, 5.74) is 2.66. The standard InChI is InChI=1S/C21H27NO2/c1-16-15-21(2,3)22(13-14-24-17-9-6-5-7-10-17)20-18(16)11-8-12-19(20)23-4/h5-12,16H,13-15H2,1-4H3. The number of hydrogen-bond acceptors (Lipinski definition) is 3. The summed E-state index contributed by atoms with van der Waals surface area (Å²) >= 11 is 0. The number of para-hydroxylation sites is 2. The predicted octanol–water partition coefficient (Wildman–Crippen LogP) is 4.87. The topological polar surface area (TPSA) is 21.7 Å². The van der Waals surface area contributed by atoms with Gasteiger partial charge < -0.3 is 14.4 Å². The fourth-order valence-electron chi connectivity index (χ4n) is 3.85. The Morgan fingerprint density at radius 1 is 1.08 bits per heavy atom. The summed E-state index contributed by atoms with van der Waals surface area (Å²) in [6.45, 7) is 8.40. The van der Waals surface area contributed by atoms with Gasteiger partial charge in [-0.25, -0.2) is 0 Å². The average molecular weight is 325 g/mol. The second-order valence-corrected chi connectivity index (χ2v) is 7.13. The lowest BCUT2D eigenvalue weighted by atomic mass is 9.80. The van der Waals surface area contributed by atoms with Crippen LogP contribution < -0.4 is 14.4 Å². The normalized spacial score (nSPS) is 18.8. The van der Waals surface area contributed by atoms with E-state index >= 15 is 0 Å². The number of nitrogens with zero attached hydrogens (tertiary/aromatic N) is 1. The third kappa shape index (κ3) is 3.21. The molecule has 1 heterocycles. The lowest BCUT2D eigenvalue weighted by Gasteiger charge is -2.47. The Hall–Kier alpha value is -2.16. The van der Waals surface area contributed by atoms with Crippen molar-refractivity contribution in [3.8, 4) is 11.5 Å². The number of rotatable bonds is 5. The van der Waals surface area contributed by atoms with Crippen molar-refractivity contribution >= 4 is 5.69 Å². The molecular formula is C21H27NO2. The van der Waals surface area contributed by atoms with Gasteiger partial charge in [-0.2, -0.15) is 0 Å². The maximum Gasteiger partial charge on any atom is 0.142 e. The molecule has 3 nitrogen and oxygen atoms in total. The summed E-state index contributed by atoms with van der Waals surface area (Å²) < 4.78 is 11.6. The van der Waals surface area contributed by atoms with Gasteiger partial charge in [0, 0.05) is 5.54 Å².